The molecule has 18 heavy (non-hydrogen) atoms. The number of nitrogens with zero attached hydrogens (tertiary/aromatic N) is 1. The van der Waals surface area contributed by atoms with E-state index in [0.29, 0.717) is 24.6 Å². The van der Waals surface area contributed by atoms with E-state index in [4.69, 9.17) is 9.15 Å². The standard InChI is InChI=1S/C13H10FNO3/c14-9-3-4-10-12(8-9)18-7-5-15(10)13(16)11-2-1-6-17-11/h1-4,6,8H,5,7H2. The van der Waals surface area contributed by atoms with Gasteiger partial charge in [-0.1, -0.05) is 0 Å². The molecular weight excluding hydrogens is 237 g/mol. The summed E-state index contributed by atoms with van der Waals surface area (Å²) in [6.45, 7) is 0.751. The van der Waals surface area contributed by atoms with Gasteiger partial charge in [-0.05, 0) is 24.3 Å². The first kappa shape index (κ1) is 10.8. The summed E-state index contributed by atoms with van der Waals surface area (Å²) < 4.78 is 23.5. The summed E-state index contributed by atoms with van der Waals surface area (Å²) in [5.74, 6) is -0.00876. The predicted molar refractivity (Wildman–Crippen MR) is 62.3 cm³/mol. The first-order valence-electron chi connectivity index (χ1n) is 5.53. The maximum absolute atomic E-state index is 13.1. The zero-order valence-electron chi connectivity index (χ0n) is 9.43. The molecule has 0 saturated heterocycles. The van der Waals surface area contributed by atoms with Gasteiger partial charge in [-0.2, -0.15) is 0 Å². The second-order valence-electron chi connectivity index (χ2n) is 3.89. The van der Waals surface area contributed by atoms with Crippen molar-refractivity contribution in [1.82, 2.24) is 0 Å². The number of carbonyl (C=O) groups excluding carboxylic acids is 1. The van der Waals surface area contributed by atoms with Crippen LogP contribution in [0.1, 0.15) is 10.6 Å². The number of ether oxygens (including phenoxy) is 1. The Balaban J connectivity index is 1.99. The van der Waals surface area contributed by atoms with Crippen LogP contribution in [0.4, 0.5) is 10.1 Å². The Kier molecular flexibility index (Phi) is 2.51. The lowest BCUT2D eigenvalue weighted by molar-refractivity contribution is 0.0949. The van der Waals surface area contributed by atoms with E-state index < -0.39 is 0 Å². The van der Waals surface area contributed by atoms with Gasteiger partial charge in [0.05, 0.1) is 18.5 Å². The molecule has 0 radical (unpaired) electrons. The van der Waals surface area contributed by atoms with Crippen molar-refractivity contribution in [1.29, 1.82) is 0 Å². The van der Waals surface area contributed by atoms with E-state index in [9.17, 15) is 9.18 Å². The van der Waals surface area contributed by atoms with Crippen molar-refractivity contribution >= 4 is 11.6 Å². The van der Waals surface area contributed by atoms with Crippen LogP contribution in [0, 0.1) is 5.82 Å². The van der Waals surface area contributed by atoms with Crippen LogP contribution < -0.4 is 9.64 Å². The topological polar surface area (TPSA) is 42.7 Å². The third-order valence-corrected chi connectivity index (χ3v) is 2.76. The minimum Gasteiger partial charge on any atom is -0.489 e. The second kappa shape index (κ2) is 4.18. The van der Waals surface area contributed by atoms with E-state index in [2.05, 4.69) is 0 Å². The first-order chi connectivity index (χ1) is 8.75. The summed E-state index contributed by atoms with van der Waals surface area (Å²) in [5, 5.41) is 0. The van der Waals surface area contributed by atoms with Gasteiger partial charge in [0.1, 0.15) is 18.2 Å². The first-order valence-corrected chi connectivity index (χ1v) is 5.53. The van der Waals surface area contributed by atoms with Crippen LogP contribution >= 0.6 is 0 Å². The number of fused-ring (bicyclic) bond motifs is 1. The molecule has 0 atom stereocenters. The Labute approximate surface area is 103 Å². The van der Waals surface area contributed by atoms with E-state index >= 15 is 0 Å². The highest BCUT2D eigenvalue weighted by molar-refractivity contribution is 6.05. The number of hydrogen-bond donors (Lipinski definition) is 0. The molecule has 92 valence electrons. The van der Waals surface area contributed by atoms with Gasteiger partial charge in [0.15, 0.2) is 5.76 Å². The quantitative estimate of drug-likeness (QED) is 0.777. The van der Waals surface area contributed by atoms with Crippen molar-refractivity contribution in [2.45, 2.75) is 0 Å². The normalized spacial score (nSPS) is 13.9. The Morgan fingerprint density at radius 1 is 1.33 bits per heavy atom. The molecule has 5 heteroatoms. The zero-order valence-corrected chi connectivity index (χ0v) is 9.43. The van der Waals surface area contributed by atoms with Crippen molar-refractivity contribution < 1.29 is 18.3 Å². The molecule has 4 nitrogen and oxygen atoms in total. The van der Waals surface area contributed by atoms with Gasteiger partial charge < -0.3 is 9.15 Å². The van der Waals surface area contributed by atoms with Gasteiger partial charge in [-0.15, -0.1) is 0 Å². The summed E-state index contributed by atoms with van der Waals surface area (Å²) in [6, 6.07) is 7.36. The van der Waals surface area contributed by atoms with Gasteiger partial charge in [0.2, 0.25) is 0 Å². The lowest BCUT2D eigenvalue weighted by Crippen LogP contribution is -2.37. The Morgan fingerprint density at radius 3 is 3.00 bits per heavy atom. The fourth-order valence-electron chi connectivity index (χ4n) is 1.94. The van der Waals surface area contributed by atoms with Crippen LogP contribution in [-0.4, -0.2) is 19.1 Å². The average Bonchev–Trinajstić information content (AvgIpc) is 2.90. The number of benzene rings is 1. The Morgan fingerprint density at radius 2 is 2.22 bits per heavy atom. The van der Waals surface area contributed by atoms with Gasteiger partial charge in [-0.3, -0.25) is 9.69 Å². The van der Waals surface area contributed by atoms with E-state index in [-0.39, 0.29) is 17.5 Å². The zero-order chi connectivity index (χ0) is 12.5. The van der Waals surface area contributed by atoms with Crippen molar-refractivity contribution in [3.8, 4) is 5.75 Å². The molecule has 2 aromatic rings. The summed E-state index contributed by atoms with van der Waals surface area (Å²) in [4.78, 5) is 13.7. The van der Waals surface area contributed by atoms with Crippen molar-refractivity contribution in [2.24, 2.45) is 0 Å². The highest BCUT2D eigenvalue weighted by Crippen LogP contribution is 2.32. The third kappa shape index (κ3) is 1.73. The van der Waals surface area contributed by atoms with E-state index in [1.54, 1.807) is 12.1 Å². The number of furan rings is 1. The molecular formula is C13H10FNO3. The molecule has 1 aromatic heterocycles. The highest BCUT2D eigenvalue weighted by atomic mass is 19.1. The lowest BCUT2D eigenvalue weighted by atomic mass is 10.2. The van der Waals surface area contributed by atoms with Crippen LogP contribution in [0.5, 0.6) is 5.75 Å². The highest BCUT2D eigenvalue weighted by Gasteiger charge is 2.26. The minimum atomic E-state index is -0.388. The third-order valence-electron chi connectivity index (χ3n) is 2.76. The summed E-state index contributed by atoms with van der Waals surface area (Å²) >= 11 is 0. The number of carbonyl (C=O) groups is 1. The van der Waals surface area contributed by atoms with E-state index in [1.165, 1.54) is 29.4 Å². The molecule has 0 aliphatic carbocycles. The molecule has 0 bridgehead atoms. The van der Waals surface area contributed by atoms with Crippen molar-refractivity contribution in [3.63, 3.8) is 0 Å². The van der Waals surface area contributed by atoms with Gasteiger partial charge in [0, 0.05) is 6.07 Å². The van der Waals surface area contributed by atoms with Crippen LogP contribution in [0.15, 0.2) is 41.0 Å². The van der Waals surface area contributed by atoms with Crippen molar-refractivity contribution in [2.75, 3.05) is 18.1 Å². The number of hydrogen-bond acceptors (Lipinski definition) is 3. The molecule has 0 fully saturated rings. The maximum Gasteiger partial charge on any atom is 0.294 e. The van der Waals surface area contributed by atoms with E-state index in [0.717, 1.165) is 0 Å². The maximum atomic E-state index is 13.1. The summed E-state index contributed by atoms with van der Waals surface area (Å²) in [5.41, 5.74) is 0.559. The monoisotopic (exact) mass is 247 g/mol. The lowest BCUT2D eigenvalue weighted by Gasteiger charge is -2.28. The van der Waals surface area contributed by atoms with Crippen LogP contribution in [0.3, 0.4) is 0 Å². The molecule has 0 N–H and O–H groups in total. The number of rotatable bonds is 1. The fourth-order valence-corrected chi connectivity index (χ4v) is 1.94. The average molecular weight is 247 g/mol. The van der Waals surface area contributed by atoms with Gasteiger partial charge in [-0.25, -0.2) is 4.39 Å². The predicted octanol–water partition coefficient (Wildman–Crippen LogP) is 2.46. The molecule has 1 aromatic carbocycles. The molecule has 2 heterocycles. The number of anilines is 1. The summed E-state index contributed by atoms with van der Waals surface area (Å²) in [6.07, 6.45) is 1.44. The van der Waals surface area contributed by atoms with Crippen LogP contribution in [-0.2, 0) is 0 Å². The SMILES string of the molecule is O=C(c1ccco1)N1CCOc2cc(F)ccc21. The number of amides is 1. The molecule has 0 saturated carbocycles. The molecule has 0 spiro atoms. The van der Waals surface area contributed by atoms with Crippen molar-refractivity contribution in [3.05, 3.63) is 48.2 Å². The smallest absolute Gasteiger partial charge is 0.294 e. The second-order valence-corrected chi connectivity index (χ2v) is 3.89. The van der Waals surface area contributed by atoms with E-state index in [1.807, 2.05) is 0 Å². The van der Waals surface area contributed by atoms with Gasteiger partial charge >= 0.3 is 0 Å². The molecule has 3 rings (SSSR count). The van der Waals surface area contributed by atoms with Crippen LogP contribution in [0.2, 0.25) is 0 Å². The van der Waals surface area contributed by atoms with Crippen LogP contribution in [0.25, 0.3) is 0 Å². The van der Waals surface area contributed by atoms with Gasteiger partial charge in [0.25, 0.3) is 5.91 Å². The number of halogens is 1. The Hall–Kier alpha value is -2.30. The molecule has 0 unspecified atom stereocenters. The Bertz CT molecular complexity index is 580. The molecule has 1 amide bonds. The summed E-state index contributed by atoms with van der Waals surface area (Å²) in [7, 11) is 0. The minimum absolute atomic E-state index is 0.254. The molecule has 1 aliphatic rings. The fraction of sp³-hybridized carbons (Fsp3) is 0.154. The molecule has 1 aliphatic heterocycles. The largest absolute Gasteiger partial charge is 0.489 e.